The first-order valence-corrected chi connectivity index (χ1v) is 6.34. The van der Waals surface area contributed by atoms with Gasteiger partial charge in [0.1, 0.15) is 5.82 Å². The summed E-state index contributed by atoms with van der Waals surface area (Å²) in [5.74, 6) is 0.804. The second-order valence-electron chi connectivity index (χ2n) is 4.94. The minimum atomic E-state index is 0.359. The first-order valence-electron chi connectivity index (χ1n) is 6.34. The number of nitrogens with one attached hydrogen (secondary N) is 1. The Morgan fingerprint density at radius 1 is 1.28 bits per heavy atom. The predicted octanol–water partition coefficient (Wildman–Crippen LogP) is 0.993. The number of rotatable bonds is 2. The average Bonchev–Trinajstić information content (AvgIpc) is 2.81. The van der Waals surface area contributed by atoms with E-state index in [1.165, 1.54) is 0 Å². The van der Waals surface area contributed by atoms with E-state index in [2.05, 4.69) is 15.4 Å². The van der Waals surface area contributed by atoms with Crippen molar-refractivity contribution >= 4 is 17.2 Å². The molecule has 5 N–H and O–H groups in total. The molecular formula is C12H18N6. The number of nitrogens with zero attached hydrogens (tertiary/aromatic N) is 3. The van der Waals surface area contributed by atoms with Crippen LogP contribution in [0.2, 0.25) is 0 Å². The van der Waals surface area contributed by atoms with E-state index in [4.69, 9.17) is 11.5 Å². The van der Waals surface area contributed by atoms with Crippen molar-refractivity contribution in [2.75, 3.05) is 11.1 Å². The van der Waals surface area contributed by atoms with Gasteiger partial charge in [0.05, 0.1) is 5.69 Å². The Morgan fingerprint density at radius 2 is 2.06 bits per heavy atom. The molecule has 18 heavy (non-hydrogen) atoms. The van der Waals surface area contributed by atoms with Crippen molar-refractivity contribution in [3.63, 3.8) is 0 Å². The standard InChI is InChI=1S/C12H18N6/c13-8-1-3-9(4-2-8)16-11-7-10(14)12-15-5-6-18(12)17-11/h5-9H,1-4,13-14H2,(H,16,17). The van der Waals surface area contributed by atoms with Crippen LogP contribution in [0.25, 0.3) is 5.65 Å². The summed E-state index contributed by atoms with van der Waals surface area (Å²) >= 11 is 0. The molecule has 0 bridgehead atoms. The molecule has 2 aromatic rings. The Labute approximate surface area is 105 Å². The van der Waals surface area contributed by atoms with Gasteiger partial charge in [0.15, 0.2) is 5.65 Å². The molecule has 0 atom stereocenters. The van der Waals surface area contributed by atoms with Crippen LogP contribution in [0, 0.1) is 0 Å². The summed E-state index contributed by atoms with van der Waals surface area (Å²) in [6.45, 7) is 0. The number of imidazole rings is 1. The van der Waals surface area contributed by atoms with Crippen molar-refractivity contribution in [3.05, 3.63) is 18.5 Å². The third-order valence-corrected chi connectivity index (χ3v) is 3.51. The molecule has 1 aliphatic carbocycles. The molecular weight excluding hydrogens is 228 g/mol. The van der Waals surface area contributed by atoms with Gasteiger partial charge >= 0.3 is 0 Å². The Kier molecular flexibility index (Phi) is 2.79. The Bertz CT molecular complexity index is 540. The van der Waals surface area contributed by atoms with Crippen molar-refractivity contribution in [2.45, 2.75) is 37.8 Å². The quantitative estimate of drug-likeness (QED) is 0.734. The second kappa shape index (κ2) is 4.45. The molecule has 6 nitrogen and oxygen atoms in total. The van der Waals surface area contributed by atoms with E-state index >= 15 is 0 Å². The monoisotopic (exact) mass is 246 g/mol. The minimum Gasteiger partial charge on any atom is -0.396 e. The summed E-state index contributed by atoms with van der Waals surface area (Å²) in [6.07, 6.45) is 7.81. The largest absolute Gasteiger partial charge is 0.396 e. The minimum absolute atomic E-state index is 0.359. The third kappa shape index (κ3) is 2.11. The summed E-state index contributed by atoms with van der Waals surface area (Å²) in [5.41, 5.74) is 13.2. The molecule has 1 fully saturated rings. The van der Waals surface area contributed by atoms with Crippen LogP contribution >= 0.6 is 0 Å². The van der Waals surface area contributed by atoms with Crippen molar-refractivity contribution in [2.24, 2.45) is 5.73 Å². The van der Waals surface area contributed by atoms with Crippen molar-refractivity contribution < 1.29 is 0 Å². The van der Waals surface area contributed by atoms with E-state index in [0.717, 1.165) is 31.5 Å². The third-order valence-electron chi connectivity index (χ3n) is 3.51. The van der Waals surface area contributed by atoms with Crippen LogP contribution in [-0.4, -0.2) is 26.7 Å². The lowest BCUT2D eigenvalue weighted by Crippen LogP contribution is -2.33. The number of fused-ring (bicyclic) bond motifs is 1. The Hall–Kier alpha value is -1.82. The summed E-state index contributed by atoms with van der Waals surface area (Å²) in [4.78, 5) is 4.15. The summed E-state index contributed by atoms with van der Waals surface area (Å²) in [5, 5.41) is 7.87. The Balaban J connectivity index is 1.78. The normalized spacial score (nSPS) is 24.3. The van der Waals surface area contributed by atoms with Crippen LogP contribution in [0.3, 0.4) is 0 Å². The fourth-order valence-electron chi connectivity index (χ4n) is 2.48. The number of aromatic nitrogens is 3. The van der Waals surface area contributed by atoms with Gasteiger partial charge in [-0.15, -0.1) is 5.10 Å². The van der Waals surface area contributed by atoms with Gasteiger partial charge in [0.25, 0.3) is 0 Å². The highest BCUT2D eigenvalue weighted by Crippen LogP contribution is 2.22. The molecule has 2 aromatic heterocycles. The van der Waals surface area contributed by atoms with Crippen LogP contribution in [-0.2, 0) is 0 Å². The molecule has 0 amide bonds. The van der Waals surface area contributed by atoms with Crippen molar-refractivity contribution in [1.82, 2.24) is 14.6 Å². The maximum Gasteiger partial charge on any atom is 0.176 e. The van der Waals surface area contributed by atoms with Gasteiger partial charge in [-0.05, 0) is 25.7 Å². The molecule has 0 spiro atoms. The van der Waals surface area contributed by atoms with Crippen LogP contribution < -0.4 is 16.8 Å². The molecule has 1 saturated carbocycles. The van der Waals surface area contributed by atoms with Crippen molar-refractivity contribution in [1.29, 1.82) is 0 Å². The first kappa shape index (κ1) is 11.3. The maximum atomic E-state index is 5.95. The fourth-order valence-corrected chi connectivity index (χ4v) is 2.48. The highest BCUT2D eigenvalue weighted by molar-refractivity contribution is 5.67. The van der Waals surface area contributed by atoms with E-state index in [0.29, 0.717) is 23.4 Å². The van der Waals surface area contributed by atoms with Crippen molar-refractivity contribution in [3.8, 4) is 0 Å². The second-order valence-corrected chi connectivity index (χ2v) is 4.94. The Morgan fingerprint density at radius 3 is 2.83 bits per heavy atom. The number of nitrogen functional groups attached to an aromatic ring is 1. The van der Waals surface area contributed by atoms with Crippen LogP contribution in [0.4, 0.5) is 11.5 Å². The molecule has 0 radical (unpaired) electrons. The van der Waals surface area contributed by atoms with Gasteiger partial charge in [-0.1, -0.05) is 0 Å². The summed E-state index contributed by atoms with van der Waals surface area (Å²) in [7, 11) is 0. The predicted molar refractivity (Wildman–Crippen MR) is 71.3 cm³/mol. The van der Waals surface area contributed by atoms with Gasteiger partial charge in [-0.25, -0.2) is 9.50 Å². The van der Waals surface area contributed by atoms with E-state index < -0.39 is 0 Å². The highest BCUT2D eigenvalue weighted by Gasteiger charge is 2.19. The molecule has 3 rings (SSSR count). The highest BCUT2D eigenvalue weighted by atomic mass is 15.3. The SMILES string of the molecule is Nc1cc(NC2CCC(N)CC2)nn2ccnc12. The lowest BCUT2D eigenvalue weighted by Gasteiger charge is -2.27. The zero-order valence-electron chi connectivity index (χ0n) is 10.2. The topological polar surface area (TPSA) is 94.3 Å². The van der Waals surface area contributed by atoms with Crippen LogP contribution in [0.5, 0.6) is 0 Å². The van der Waals surface area contributed by atoms with Gasteiger partial charge in [-0.2, -0.15) is 0 Å². The average molecular weight is 246 g/mol. The van der Waals surface area contributed by atoms with Gasteiger partial charge < -0.3 is 16.8 Å². The lowest BCUT2D eigenvalue weighted by atomic mass is 9.92. The summed E-state index contributed by atoms with van der Waals surface area (Å²) in [6, 6.07) is 2.64. The van der Waals surface area contributed by atoms with E-state index in [1.807, 2.05) is 6.07 Å². The molecule has 1 aliphatic rings. The number of nitrogens with two attached hydrogens (primary N) is 2. The van der Waals surface area contributed by atoms with Gasteiger partial charge in [0, 0.05) is 30.5 Å². The number of hydrogen-bond acceptors (Lipinski definition) is 5. The molecule has 0 aliphatic heterocycles. The number of hydrogen-bond donors (Lipinski definition) is 3. The fraction of sp³-hybridized carbons (Fsp3) is 0.500. The molecule has 6 heteroatoms. The molecule has 0 aromatic carbocycles. The van der Waals surface area contributed by atoms with E-state index in [1.54, 1.807) is 16.9 Å². The zero-order valence-corrected chi connectivity index (χ0v) is 10.2. The van der Waals surface area contributed by atoms with E-state index in [-0.39, 0.29) is 0 Å². The lowest BCUT2D eigenvalue weighted by molar-refractivity contribution is 0.410. The van der Waals surface area contributed by atoms with Gasteiger partial charge in [-0.3, -0.25) is 0 Å². The maximum absolute atomic E-state index is 5.95. The molecule has 0 unspecified atom stereocenters. The van der Waals surface area contributed by atoms with E-state index in [9.17, 15) is 0 Å². The number of anilines is 2. The van der Waals surface area contributed by atoms with Crippen LogP contribution in [0.15, 0.2) is 18.5 Å². The molecule has 0 saturated heterocycles. The smallest absolute Gasteiger partial charge is 0.176 e. The summed E-state index contributed by atoms with van der Waals surface area (Å²) < 4.78 is 1.70. The molecule has 2 heterocycles. The van der Waals surface area contributed by atoms with Crippen LogP contribution in [0.1, 0.15) is 25.7 Å². The first-order chi connectivity index (χ1) is 8.72. The zero-order chi connectivity index (χ0) is 12.5. The van der Waals surface area contributed by atoms with Gasteiger partial charge in [0.2, 0.25) is 0 Å². The molecule has 96 valence electrons.